The summed E-state index contributed by atoms with van der Waals surface area (Å²) in [4.78, 5) is 3.84. The molecule has 3 aromatic heterocycles. The molecule has 0 N–H and O–H groups in total. The van der Waals surface area contributed by atoms with Crippen LogP contribution in [0.2, 0.25) is 5.02 Å². The molecular formula is C17H14B4ClN7O2S. The van der Waals surface area contributed by atoms with Gasteiger partial charge in [-0.1, -0.05) is 11.6 Å². The Hall–Kier alpha value is -2.22. The van der Waals surface area contributed by atoms with E-state index in [1.54, 1.807) is 12.3 Å². The molecule has 0 atom stereocenters. The Bertz CT molecular complexity index is 1330. The number of nitrogens with zero attached hydrogens (tertiary/aromatic N) is 7. The van der Waals surface area contributed by atoms with Gasteiger partial charge in [0.25, 0.3) is 0 Å². The second-order valence-electron chi connectivity index (χ2n) is 7.91. The second kappa shape index (κ2) is 7.68. The van der Waals surface area contributed by atoms with Gasteiger partial charge in [-0.2, -0.15) is 15.5 Å². The third-order valence-corrected chi connectivity index (χ3v) is 7.91. The number of aromatic nitrogens is 5. The number of sulfonamides is 1. The number of rotatable bonds is 4. The van der Waals surface area contributed by atoms with E-state index in [2.05, 4.69) is 15.2 Å². The molecule has 9 nitrogen and oxygen atoms in total. The van der Waals surface area contributed by atoms with Crippen LogP contribution in [0, 0.1) is 11.3 Å². The number of pyridine rings is 1. The van der Waals surface area contributed by atoms with Crippen LogP contribution in [-0.2, 0) is 23.5 Å². The van der Waals surface area contributed by atoms with E-state index in [1.807, 2.05) is 6.07 Å². The standard InChI is InChI=1S/C17H14B4ClN7O2S/c1-27-13(2-3-23)14(7-25-27)32(30,31)29-16(18,19)5-10(6-17(29,20)21)11-8-28-15(4-12(11)22)24-9-26-28/h4,7-10H,2,5-6H2,1H3. The number of piperidine rings is 1. The molecule has 1 aliphatic rings. The summed E-state index contributed by atoms with van der Waals surface area (Å²) < 4.78 is 30.7. The van der Waals surface area contributed by atoms with Crippen molar-refractivity contribution in [2.24, 2.45) is 7.05 Å². The number of nitriles is 1. The molecule has 1 fully saturated rings. The van der Waals surface area contributed by atoms with Gasteiger partial charge < -0.3 is 0 Å². The fourth-order valence-corrected chi connectivity index (χ4v) is 6.49. The van der Waals surface area contributed by atoms with Crippen molar-refractivity contribution >= 4 is 58.7 Å². The van der Waals surface area contributed by atoms with Crippen molar-refractivity contribution in [3.05, 3.63) is 41.1 Å². The first kappa shape index (κ1) is 23.0. The highest BCUT2D eigenvalue weighted by molar-refractivity contribution is 7.89. The Labute approximate surface area is 195 Å². The lowest BCUT2D eigenvalue weighted by molar-refractivity contribution is 0.208. The third kappa shape index (κ3) is 3.66. The molecule has 0 amide bonds. The lowest BCUT2D eigenvalue weighted by atomic mass is 9.46. The number of fused-ring (bicyclic) bond motifs is 1. The van der Waals surface area contributed by atoms with Gasteiger partial charge in [-0.15, -0.1) is 0 Å². The molecule has 0 bridgehead atoms. The molecule has 0 spiro atoms. The van der Waals surface area contributed by atoms with Gasteiger partial charge in [0.15, 0.2) is 5.65 Å². The lowest BCUT2D eigenvalue weighted by Crippen LogP contribution is -2.68. The zero-order chi connectivity index (χ0) is 23.5. The van der Waals surface area contributed by atoms with Gasteiger partial charge >= 0.3 is 0 Å². The highest BCUT2D eigenvalue weighted by Gasteiger charge is 2.51. The van der Waals surface area contributed by atoms with Crippen LogP contribution < -0.4 is 0 Å². The molecule has 3 aromatic rings. The van der Waals surface area contributed by atoms with Gasteiger partial charge in [0, 0.05) is 24.3 Å². The van der Waals surface area contributed by atoms with Crippen molar-refractivity contribution in [3.63, 3.8) is 0 Å². The minimum atomic E-state index is -4.41. The summed E-state index contributed by atoms with van der Waals surface area (Å²) in [5.41, 5.74) is 1.31. The number of aryl methyl sites for hydroxylation is 1. The highest BCUT2D eigenvalue weighted by atomic mass is 35.5. The van der Waals surface area contributed by atoms with Crippen LogP contribution in [0.3, 0.4) is 0 Å². The minimum absolute atomic E-state index is 0.0316. The lowest BCUT2D eigenvalue weighted by Gasteiger charge is -2.56. The molecule has 0 aromatic carbocycles. The molecular weight excluding hydrogens is 445 g/mol. The monoisotopic (exact) mass is 459 g/mol. The maximum absolute atomic E-state index is 13.6. The fourth-order valence-electron chi connectivity index (χ4n) is 4.27. The average molecular weight is 459 g/mol. The van der Waals surface area contributed by atoms with Gasteiger partial charge in [0.2, 0.25) is 10.0 Å². The normalized spacial score (nSPS) is 19.2. The van der Waals surface area contributed by atoms with Crippen LogP contribution in [-0.4, -0.2) is 79.2 Å². The topological polar surface area (TPSA) is 109 Å². The van der Waals surface area contributed by atoms with Crippen molar-refractivity contribution in [1.29, 1.82) is 5.26 Å². The van der Waals surface area contributed by atoms with Gasteiger partial charge in [0.05, 0.1) is 55.8 Å². The summed E-state index contributed by atoms with van der Waals surface area (Å²) in [6, 6.07) is 3.54. The molecule has 0 unspecified atom stereocenters. The summed E-state index contributed by atoms with van der Waals surface area (Å²) in [7, 11) is 22.4. The predicted octanol–water partition coefficient (Wildman–Crippen LogP) is -0.268. The Morgan fingerprint density at radius 1 is 1.25 bits per heavy atom. The molecule has 4 heterocycles. The van der Waals surface area contributed by atoms with Gasteiger partial charge in [0.1, 0.15) is 11.2 Å². The second-order valence-corrected chi connectivity index (χ2v) is 10.1. The predicted molar refractivity (Wildman–Crippen MR) is 120 cm³/mol. The van der Waals surface area contributed by atoms with Gasteiger partial charge in [-0.3, -0.25) is 4.68 Å². The molecule has 154 valence electrons. The average Bonchev–Trinajstić information content (AvgIpc) is 3.25. The van der Waals surface area contributed by atoms with E-state index in [4.69, 9.17) is 48.2 Å². The van der Waals surface area contributed by atoms with Crippen LogP contribution in [0.1, 0.15) is 30.0 Å². The van der Waals surface area contributed by atoms with Crippen molar-refractivity contribution in [3.8, 4) is 6.07 Å². The maximum atomic E-state index is 13.6. The molecule has 4 rings (SSSR count). The molecule has 15 heteroatoms. The zero-order valence-corrected chi connectivity index (χ0v) is 18.6. The van der Waals surface area contributed by atoms with Gasteiger partial charge in [-0.05, 0) is 35.0 Å². The summed E-state index contributed by atoms with van der Waals surface area (Å²) in [5, 5.41) is 13.6. The smallest absolute Gasteiger partial charge is 0.244 e. The van der Waals surface area contributed by atoms with Crippen LogP contribution in [0.25, 0.3) is 5.65 Å². The van der Waals surface area contributed by atoms with E-state index in [0.29, 0.717) is 20.5 Å². The summed E-state index contributed by atoms with van der Waals surface area (Å²) >= 11 is 6.44. The fraction of sp³-hybridized carbons (Fsp3) is 0.412. The third-order valence-electron chi connectivity index (χ3n) is 5.52. The molecule has 0 saturated carbocycles. The zero-order valence-electron chi connectivity index (χ0n) is 17.1. The summed E-state index contributed by atoms with van der Waals surface area (Å²) in [6.45, 7) is 0. The van der Waals surface area contributed by atoms with Crippen molar-refractivity contribution in [2.75, 3.05) is 0 Å². The molecule has 0 aliphatic carbocycles. The van der Waals surface area contributed by atoms with Crippen LogP contribution in [0.5, 0.6) is 0 Å². The summed E-state index contributed by atoms with van der Waals surface area (Å²) in [6.07, 6.45) is 3.91. The Morgan fingerprint density at radius 2 is 1.91 bits per heavy atom. The van der Waals surface area contributed by atoms with Crippen molar-refractivity contribution < 1.29 is 8.42 Å². The number of halogens is 1. The van der Waals surface area contributed by atoms with Gasteiger partial charge in [-0.25, -0.2) is 22.2 Å². The van der Waals surface area contributed by atoms with E-state index >= 15 is 0 Å². The van der Waals surface area contributed by atoms with E-state index in [-0.39, 0.29) is 29.9 Å². The minimum Gasteiger partial charge on any atom is -0.270 e. The molecule has 1 saturated heterocycles. The Balaban J connectivity index is 1.77. The van der Waals surface area contributed by atoms with E-state index in [0.717, 1.165) is 6.20 Å². The maximum Gasteiger partial charge on any atom is 0.244 e. The Kier molecular flexibility index (Phi) is 5.51. The Morgan fingerprint density at radius 3 is 2.53 bits per heavy atom. The van der Waals surface area contributed by atoms with E-state index < -0.39 is 26.6 Å². The summed E-state index contributed by atoms with van der Waals surface area (Å²) in [5.74, 6) is -0.472. The first-order valence-corrected chi connectivity index (χ1v) is 11.3. The highest BCUT2D eigenvalue weighted by Crippen LogP contribution is 2.45. The largest absolute Gasteiger partial charge is 0.270 e. The quantitative estimate of drug-likeness (QED) is 0.498. The van der Waals surface area contributed by atoms with Crippen molar-refractivity contribution in [1.82, 2.24) is 28.7 Å². The van der Waals surface area contributed by atoms with Crippen LogP contribution in [0.15, 0.2) is 29.7 Å². The molecule has 8 radical (unpaired) electrons. The number of hydrogen-bond donors (Lipinski definition) is 0. The first-order valence-electron chi connectivity index (χ1n) is 9.46. The van der Waals surface area contributed by atoms with Crippen LogP contribution >= 0.6 is 11.6 Å². The molecule has 1 aliphatic heterocycles. The molecule has 32 heavy (non-hydrogen) atoms. The van der Waals surface area contributed by atoms with E-state index in [1.165, 1.54) is 22.6 Å². The SMILES string of the molecule is [B]C1([B])CC(c2cn3ncnc3cc2Cl)CC([B])([B])N1S(=O)(=O)c1cnn(C)c1CC#N. The van der Waals surface area contributed by atoms with Crippen LogP contribution in [0.4, 0.5) is 0 Å². The number of hydrogen-bond acceptors (Lipinski definition) is 6. The first-order chi connectivity index (χ1) is 14.9. The van der Waals surface area contributed by atoms with Crippen molar-refractivity contribution in [2.45, 2.75) is 40.8 Å². The van der Waals surface area contributed by atoms with E-state index in [9.17, 15) is 8.42 Å².